The van der Waals surface area contributed by atoms with Gasteiger partial charge >= 0.3 is 0 Å². The molecule has 3 rings (SSSR count). The molecule has 136 valence electrons. The molecule has 0 spiro atoms. The average molecular weight is 369 g/mol. The first-order valence-electron chi connectivity index (χ1n) is 8.87. The van der Waals surface area contributed by atoms with Crippen molar-refractivity contribution in [3.8, 4) is 6.07 Å². The zero-order valence-electron chi connectivity index (χ0n) is 15.1. The lowest BCUT2D eigenvalue weighted by Gasteiger charge is -2.21. The number of benzene rings is 2. The van der Waals surface area contributed by atoms with Gasteiger partial charge in [0.25, 0.3) is 0 Å². The van der Waals surface area contributed by atoms with Crippen molar-refractivity contribution in [3.63, 3.8) is 0 Å². The molecule has 6 heteroatoms. The highest BCUT2D eigenvalue weighted by Gasteiger charge is 2.26. The highest BCUT2D eigenvalue weighted by molar-refractivity contribution is 7.89. The summed E-state index contributed by atoms with van der Waals surface area (Å²) in [5.74, 6) is 0. The molecule has 0 aromatic heterocycles. The fraction of sp³-hybridized carbons (Fsp3) is 0.350. The molecule has 1 aliphatic rings. The van der Waals surface area contributed by atoms with E-state index in [0.717, 1.165) is 29.8 Å². The second-order valence-electron chi connectivity index (χ2n) is 6.32. The van der Waals surface area contributed by atoms with Gasteiger partial charge in [-0.1, -0.05) is 32.0 Å². The molecule has 0 radical (unpaired) electrons. The number of nitriles is 1. The van der Waals surface area contributed by atoms with Gasteiger partial charge in [0.15, 0.2) is 0 Å². The van der Waals surface area contributed by atoms with Crippen LogP contribution in [0.5, 0.6) is 0 Å². The van der Waals surface area contributed by atoms with Crippen molar-refractivity contribution in [3.05, 3.63) is 59.2 Å². The van der Waals surface area contributed by atoms with Crippen molar-refractivity contribution in [1.29, 1.82) is 5.26 Å². The number of rotatable bonds is 6. The van der Waals surface area contributed by atoms with Gasteiger partial charge in [-0.05, 0) is 41.8 Å². The smallest absolute Gasteiger partial charge is 0.243 e. The minimum Gasteiger partial charge on any atom is -0.367 e. The summed E-state index contributed by atoms with van der Waals surface area (Å²) in [7, 11) is -3.44. The average Bonchev–Trinajstić information content (AvgIpc) is 3.05. The maximum Gasteiger partial charge on any atom is 0.243 e. The monoisotopic (exact) mass is 369 g/mol. The van der Waals surface area contributed by atoms with Gasteiger partial charge in [-0.25, -0.2) is 8.42 Å². The van der Waals surface area contributed by atoms with E-state index >= 15 is 0 Å². The molecule has 0 saturated heterocycles. The van der Waals surface area contributed by atoms with E-state index in [9.17, 15) is 13.7 Å². The molecule has 0 bridgehead atoms. The van der Waals surface area contributed by atoms with Crippen LogP contribution >= 0.6 is 0 Å². The summed E-state index contributed by atoms with van der Waals surface area (Å²) >= 11 is 0. The fourth-order valence-electron chi connectivity index (χ4n) is 3.46. The Hall–Kier alpha value is -2.36. The van der Waals surface area contributed by atoms with E-state index in [2.05, 4.69) is 11.0 Å². The van der Waals surface area contributed by atoms with Gasteiger partial charge in [-0.2, -0.15) is 9.57 Å². The Labute approximate surface area is 155 Å². The summed E-state index contributed by atoms with van der Waals surface area (Å²) in [6.07, 6.45) is 0.811. The van der Waals surface area contributed by atoms with Crippen LogP contribution in [0.25, 0.3) is 0 Å². The van der Waals surface area contributed by atoms with Crippen molar-refractivity contribution in [1.82, 2.24) is 4.31 Å². The summed E-state index contributed by atoms with van der Waals surface area (Å²) in [5, 5.41) is 9.27. The summed E-state index contributed by atoms with van der Waals surface area (Å²) in [6, 6.07) is 15.2. The third kappa shape index (κ3) is 3.33. The second kappa shape index (κ2) is 7.48. The Kier molecular flexibility index (Phi) is 5.30. The van der Waals surface area contributed by atoms with Crippen LogP contribution in [-0.4, -0.2) is 32.4 Å². The van der Waals surface area contributed by atoms with E-state index in [0.29, 0.717) is 30.1 Å². The van der Waals surface area contributed by atoms with Crippen LogP contribution in [0.3, 0.4) is 0 Å². The minimum atomic E-state index is -3.44. The quantitative estimate of drug-likeness (QED) is 0.785. The Morgan fingerprint density at radius 2 is 1.88 bits per heavy atom. The highest BCUT2D eigenvalue weighted by atomic mass is 32.2. The maximum absolute atomic E-state index is 12.7. The van der Waals surface area contributed by atoms with E-state index in [1.807, 2.05) is 44.2 Å². The molecule has 0 unspecified atom stereocenters. The van der Waals surface area contributed by atoms with E-state index in [4.69, 9.17) is 0 Å². The topological polar surface area (TPSA) is 64.4 Å². The molecule has 1 heterocycles. The summed E-state index contributed by atoms with van der Waals surface area (Å²) in [4.78, 5) is 2.57. The van der Waals surface area contributed by atoms with Crippen LogP contribution in [-0.2, 0) is 23.0 Å². The van der Waals surface area contributed by atoms with E-state index in [1.54, 1.807) is 12.1 Å². The standard InChI is InChI=1S/C20H23N3O2S/c1-3-23(4-2)26(24,25)19-9-10-20-16(13-19)11-12-22(20)15-18-8-6-5-7-17(18)14-21/h5-10,13H,3-4,11-12,15H2,1-2H3. The van der Waals surface area contributed by atoms with Crippen molar-refractivity contribution in [2.24, 2.45) is 0 Å². The Morgan fingerprint density at radius 3 is 2.58 bits per heavy atom. The predicted molar refractivity (Wildman–Crippen MR) is 102 cm³/mol. The van der Waals surface area contributed by atoms with Crippen LogP contribution in [0, 0.1) is 11.3 Å². The molecule has 0 N–H and O–H groups in total. The molecule has 0 fully saturated rings. The Balaban J connectivity index is 1.88. The molecule has 26 heavy (non-hydrogen) atoms. The lowest BCUT2D eigenvalue weighted by molar-refractivity contribution is 0.445. The van der Waals surface area contributed by atoms with E-state index in [1.165, 1.54) is 4.31 Å². The van der Waals surface area contributed by atoms with Gasteiger partial charge < -0.3 is 4.90 Å². The first kappa shape index (κ1) is 18.4. The Morgan fingerprint density at radius 1 is 1.15 bits per heavy atom. The molecule has 5 nitrogen and oxygen atoms in total. The van der Waals surface area contributed by atoms with E-state index < -0.39 is 10.0 Å². The molecule has 2 aromatic carbocycles. The molecular formula is C20H23N3O2S. The van der Waals surface area contributed by atoms with Crippen molar-refractivity contribution in [2.45, 2.75) is 31.7 Å². The number of nitrogens with zero attached hydrogens (tertiary/aromatic N) is 3. The number of sulfonamides is 1. The zero-order valence-corrected chi connectivity index (χ0v) is 16.0. The highest BCUT2D eigenvalue weighted by Crippen LogP contribution is 2.32. The molecule has 0 saturated carbocycles. The van der Waals surface area contributed by atoms with Gasteiger partial charge in [0.05, 0.1) is 16.5 Å². The first-order valence-corrected chi connectivity index (χ1v) is 10.3. The van der Waals surface area contributed by atoms with Crippen molar-refractivity contribution >= 4 is 15.7 Å². The lowest BCUT2D eigenvalue weighted by Crippen LogP contribution is -2.30. The summed E-state index contributed by atoms with van der Waals surface area (Å²) in [5.41, 5.74) is 3.77. The Bertz CT molecular complexity index is 944. The normalized spacial score (nSPS) is 13.7. The van der Waals surface area contributed by atoms with Crippen LogP contribution in [0.15, 0.2) is 47.4 Å². The third-order valence-electron chi connectivity index (χ3n) is 4.88. The molecule has 0 aliphatic carbocycles. The number of hydrogen-bond donors (Lipinski definition) is 0. The minimum absolute atomic E-state index is 0.360. The second-order valence-corrected chi connectivity index (χ2v) is 8.26. The van der Waals surface area contributed by atoms with Gasteiger partial charge in [0.2, 0.25) is 10.0 Å². The number of fused-ring (bicyclic) bond motifs is 1. The molecule has 0 amide bonds. The SMILES string of the molecule is CCN(CC)S(=O)(=O)c1ccc2c(c1)CCN2Cc1ccccc1C#N. The van der Waals surface area contributed by atoms with Crippen molar-refractivity contribution in [2.75, 3.05) is 24.5 Å². The summed E-state index contributed by atoms with van der Waals surface area (Å²) in [6.45, 7) is 6.11. The maximum atomic E-state index is 12.7. The third-order valence-corrected chi connectivity index (χ3v) is 6.93. The molecule has 0 atom stereocenters. The zero-order chi connectivity index (χ0) is 18.7. The van der Waals surface area contributed by atoms with Gasteiger partial charge in [0.1, 0.15) is 0 Å². The summed E-state index contributed by atoms with van der Waals surface area (Å²) < 4.78 is 26.9. The van der Waals surface area contributed by atoms with Crippen LogP contribution < -0.4 is 4.90 Å². The number of hydrogen-bond acceptors (Lipinski definition) is 4. The van der Waals surface area contributed by atoms with Crippen molar-refractivity contribution < 1.29 is 8.42 Å². The molecular weight excluding hydrogens is 346 g/mol. The van der Waals surface area contributed by atoms with Gasteiger partial charge in [-0.15, -0.1) is 0 Å². The first-order chi connectivity index (χ1) is 12.5. The number of anilines is 1. The van der Waals surface area contributed by atoms with Gasteiger partial charge in [0, 0.05) is 31.9 Å². The van der Waals surface area contributed by atoms with Crippen LogP contribution in [0.1, 0.15) is 30.5 Å². The predicted octanol–water partition coefficient (Wildman–Crippen LogP) is 3.15. The van der Waals surface area contributed by atoms with Gasteiger partial charge in [-0.3, -0.25) is 0 Å². The van der Waals surface area contributed by atoms with E-state index in [-0.39, 0.29) is 0 Å². The van der Waals surface area contributed by atoms with Crippen LogP contribution in [0.4, 0.5) is 5.69 Å². The molecule has 2 aromatic rings. The van der Waals surface area contributed by atoms with Crippen LogP contribution in [0.2, 0.25) is 0 Å². The molecule has 1 aliphatic heterocycles. The largest absolute Gasteiger partial charge is 0.367 e. The fourth-order valence-corrected chi connectivity index (χ4v) is 4.97. The lowest BCUT2D eigenvalue weighted by atomic mass is 10.1.